The van der Waals surface area contributed by atoms with Gasteiger partial charge >= 0.3 is 11.9 Å². The minimum Gasteiger partial charge on any atom is -0.435 e. The van der Waals surface area contributed by atoms with Gasteiger partial charge in [-0.3, -0.25) is 9.69 Å². The molecular formula is C23H26F2N2O6. The van der Waals surface area contributed by atoms with Crippen LogP contribution in [0.4, 0.5) is 8.78 Å². The van der Waals surface area contributed by atoms with E-state index in [-0.39, 0.29) is 6.54 Å². The first-order valence-corrected chi connectivity index (χ1v) is 10.9. The van der Waals surface area contributed by atoms with Crippen LogP contribution in [0.5, 0.6) is 0 Å². The van der Waals surface area contributed by atoms with E-state index < -0.39 is 47.1 Å². The number of likely N-dealkylation sites (tertiary alicyclic amines) is 1. The molecule has 2 atom stereocenters. The molecule has 1 amide bonds. The number of carbonyl (C=O) groups is 3. The Hall–Kier alpha value is -2.85. The second-order valence-electron chi connectivity index (χ2n) is 8.57. The van der Waals surface area contributed by atoms with Crippen LogP contribution in [0.25, 0.3) is 0 Å². The van der Waals surface area contributed by atoms with Crippen LogP contribution in [-0.4, -0.2) is 71.4 Å². The van der Waals surface area contributed by atoms with Crippen molar-refractivity contribution in [1.82, 2.24) is 9.80 Å². The molecule has 1 spiro atoms. The molecule has 33 heavy (non-hydrogen) atoms. The minimum absolute atomic E-state index is 0.224. The maximum atomic E-state index is 14.0. The third-order valence-electron chi connectivity index (χ3n) is 6.41. The summed E-state index contributed by atoms with van der Waals surface area (Å²) < 4.78 is 44.5. The number of carbonyl (C=O) groups excluding carboxylic acids is 3. The zero-order valence-corrected chi connectivity index (χ0v) is 18.5. The van der Waals surface area contributed by atoms with Gasteiger partial charge in [0.2, 0.25) is 6.23 Å². The Bertz CT molecular complexity index is 991. The van der Waals surface area contributed by atoms with Gasteiger partial charge < -0.3 is 19.1 Å². The second kappa shape index (κ2) is 8.83. The number of nitrogens with zero attached hydrogens (tertiary/aromatic N) is 2. The van der Waals surface area contributed by atoms with Crippen molar-refractivity contribution in [3.05, 3.63) is 47.5 Å². The number of rotatable bonds is 4. The fourth-order valence-corrected chi connectivity index (χ4v) is 4.71. The lowest BCUT2D eigenvalue weighted by molar-refractivity contribution is -0.330. The van der Waals surface area contributed by atoms with E-state index in [9.17, 15) is 23.2 Å². The van der Waals surface area contributed by atoms with Crippen LogP contribution in [0.2, 0.25) is 0 Å². The predicted octanol–water partition coefficient (Wildman–Crippen LogP) is 1.92. The lowest BCUT2D eigenvalue weighted by atomic mass is 9.85. The van der Waals surface area contributed by atoms with E-state index in [1.165, 1.54) is 17.9 Å². The van der Waals surface area contributed by atoms with Gasteiger partial charge in [0.25, 0.3) is 11.7 Å². The summed E-state index contributed by atoms with van der Waals surface area (Å²) in [6, 6.07) is 3.39. The highest BCUT2D eigenvalue weighted by Gasteiger charge is 2.61. The quantitative estimate of drug-likeness (QED) is 0.630. The zero-order valence-electron chi connectivity index (χ0n) is 18.5. The van der Waals surface area contributed by atoms with Crippen LogP contribution in [-0.2, 0) is 35.0 Å². The van der Waals surface area contributed by atoms with E-state index in [2.05, 4.69) is 4.90 Å². The number of hydrogen-bond donors (Lipinski definition) is 0. The average molecular weight is 464 g/mol. The SMILES string of the molecule is CCN1C(=O)[C@@]2(C)OC(=O)/C=C/C(=O)OC1C1(CCN(CCc3cc(F)ccc3F)CC1)O2. The minimum atomic E-state index is -1.86. The number of likely N-dealkylation sites (N-methyl/N-ethyl adjacent to an activating group) is 1. The van der Waals surface area contributed by atoms with Gasteiger partial charge in [0.1, 0.15) is 17.2 Å². The number of hydrogen-bond acceptors (Lipinski definition) is 7. The summed E-state index contributed by atoms with van der Waals surface area (Å²) in [7, 11) is 0. The highest BCUT2D eigenvalue weighted by atomic mass is 19.1. The third kappa shape index (κ3) is 4.49. The second-order valence-corrected chi connectivity index (χ2v) is 8.57. The molecule has 4 aliphatic rings. The smallest absolute Gasteiger partial charge is 0.333 e. The maximum Gasteiger partial charge on any atom is 0.333 e. The molecule has 0 aromatic heterocycles. The molecule has 1 aromatic rings. The topological polar surface area (TPSA) is 85.4 Å². The number of esters is 2. The van der Waals surface area contributed by atoms with Gasteiger partial charge in [-0.2, -0.15) is 0 Å². The average Bonchev–Trinajstić information content (AvgIpc) is 2.77. The Morgan fingerprint density at radius 2 is 1.79 bits per heavy atom. The van der Waals surface area contributed by atoms with Gasteiger partial charge in [0.05, 0.1) is 0 Å². The van der Waals surface area contributed by atoms with Gasteiger partial charge in [-0.1, -0.05) is 0 Å². The molecule has 1 aromatic carbocycles. The molecule has 5 rings (SSSR count). The largest absolute Gasteiger partial charge is 0.435 e. The van der Waals surface area contributed by atoms with E-state index in [4.69, 9.17) is 14.2 Å². The van der Waals surface area contributed by atoms with Gasteiger partial charge in [0, 0.05) is 45.3 Å². The first-order chi connectivity index (χ1) is 15.7. The monoisotopic (exact) mass is 464 g/mol. The summed E-state index contributed by atoms with van der Waals surface area (Å²) in [6.07, 6.45) is 1.97. The molecule has 1 unspecified atom stereocenters. The predicted molar refractivity (Wildman–Crippen MR) is 110 cm³/mol. The Kier molecular flexibility index (Phi) is 6.24. The van der Waals surface area contributed by atoms with Crippen molar-refractivity contribution in [3.8, 4) is 0 Å². The van der Waals surface area contributed by atoms with Crippen LogP contribution >= 0.6 is 0 Å². The highest BCUT2D eigenvalue weighted by Crippen LogP contribution is 2.43. The van der Waals surface area contributed by atoms with E-state index in [0.29, 0.717) is 44.5 Å². The van der Waals surface area contributed by atoms with Crippen molar-refractivity contribution in [3.63, 3.8) is 0 Å². The molecule has 10 heteroatoms. The summed E-state index contributed by atoms with van der Waals surface area (Å²) in [6.45, 7) is 4.84. The first kappa shape index (κ1) is 23.3. The molecule has 2 fully saturated rings. The zero-order chi connectivity index (χ0) is 23.8. The van der Waals surface area contributed by atoms with Crippen LogP contribution in [0.3, 0.4) is 0 Å². The molecule has 2 bridgehead atoms. The molecule has 8 nitrogen and oxygen atoms in total. The van der Waals surface area contributed by atoms with Crippen molar-refractivity contribution in [2.75, 3.05) is 26.2 Å². The highest BCUT2D eigenvalue weighted by molar-refractivity contribution is 5.95. The van der Waals surface area contributed by atoms with Crippen LogP contribution < -0.4 is 0 Å². The standard InChI is InChI=1S/C23H26F2N2O6/c1-3-27-20(30)22(2)32-19(29)7-6-18(28)31-21(27)23(33-22)9-12-26(13-10-23)11-8-15-14-16(24)4-5-17(15)25/h4-7,14,21H,3,8-13H2,1-2H3/b7-6+/t21?,22-/m0/s1. The maximum absolute atomic E-state index is 14.0. The molecule has 0 radical (unpaired) electrons. The van der Waals surface area contributed by atoms with Crippen LogP contribution in [0.1, 0.15) is 32.3 Å². The summed E-state index contributed by atoms with van der Waals surface area (Å²) in [5.41, 5.74) is -0.785. The molecule has 0 N–H and O–H groups in total. The van der Waals surface area contributed by atoms with E-state index in [1.807, 2.05) is 0 Å². The molecule has 178 valence electrons. The number of morpholine rings is 1. The number of piperidine rings is 1. The summed E-state index contributed by atoms with van der Waals surface area (Å²) in [5.74, 6) is -5.06. The van der Waals surface area contributed by atoms with Crippen LogP contribution in [0.15, 0.2) is 30.4 Å². The number of benzene rings is 1. The summed E-state index contributed by atoms with van der Waals surface area (Å²) in [5, 5.41) is 0. The molecule has 2 saturated heterocycles. The molecule has 4 aliphatic heterocycles. The van der Waals surface area contributed by atoms with Crippen molar-refractivity contribution in [2.45, 2.75) is 50.7 Å². The Labute approximate surface area is 190 Å². The van der Waals surface area contributed by atoms with Gasteiger partial charge in [-0.25, -0.2) is 18.4 Å². The van der Waals surface area contributed by atoms with Crippen LogP contribution in [0, 0.1) is 11.6 Å². The number of amides is 1. The van der Waals surface area contributed by atoms with Crippen molar-refractivity contribution in [1.29, 1.82) is 0 Å². The van der Waals surface area contributed by atoms with Gasteiger partial charge in [0.15, 0.2) is 0 Å². The van der Waals surface area contributed by atoms with E-state index >= 15 is 0 Å². The molecule has 0 saturated carbocycles. The van der Waals surface area contributed by atoms with Gasteiger partial charge in [-0.15, -0.1) is 0 Å². The van der Waals surface area contributed by atoms with Crippen molar-refractivity contribution >= 4 is 17.8 Å². The Balaban J connectivity index is 1.54. The third-order valence-corrected chi connectivity index (χ3v) is 6.41. The molecular weight excluding hydrogens is 438 g/mol. The number of halogens is 2. The summed E-state index contributed by atoms with van der Waals surface area (Å²) in [4.78, 5) is 40.9. The van der Waals surface area contributed by atoms with Crippen molar-refractivity contribution < 1.29 is 37.4 Å². The lowest BCUT2D eigenvalue weighted by Crippen LogP contribution is -2.72. The Morgan fingerprint density at radius 3 is 2.48 bits per heavy atom. The van der Waals surface area contributed by atoms with E-state index in [1.54, 1.807) is 6.92 Å². The normalized spacial score (nSPS) is 28.5. The first-order valence-electron chi connectivity index (χ1n) is 10.9. The van der Waals surface area contributed by atoms with Crippen molar-refractivity contribution in [2.24, 2.45) is 0 Å². The molecule has 0 aliphatic carbocycles. The van der Waals surface area contributed by atoms with Gasteiger partial charge in [-0.05, 0) is 49.9 Å². The fraction of sp³-hybridized carbons (Fsp3) is 0.522. The number of ether oxygens (including phenoxy) is 3. The number of fused-ring (bicyclic) bond motifs is 5. The fourth-order valence-electron chi connectivity index (χ4n) is 4.71. The Morgan fingerprint density at radius 1 is 1.09 bits per heavy atom. The van der Waals surface area contributed by atoms with E-state index in [0.717, 1.165) is 24.3 Å². The summed E-state index contributed by atoms with van der Waals surface area (Å²) >= 11 is 0. The lowest BCUT2D eigenvalue weighted by Gasteiger charge is -2.55. The molecule has 4 heterocycles.